The van der Waals surface area contributed by atoms with Gasteiger partial charge in [-0.15, -0.1) is 11.3 Å². The Hall–Kier alpha value is -2.64. The van der Waals surface area contributed by atoms with E-state index in [2.05, 4.69) is 44.9 Å². The summed E-state index contributed by atoms with van der Waals surface area (Å²) in [6.07, 6.45) is 3.84. The van der Waals surface area contributed by atoms with Crippen LogP contribution >= 0.6 is 11.3 Å². The van der Waals surface area contributed by atoms with Gasteiger partial charge in [-0.2, -0.15) is 0 Å². The number of carbonyl (C=O) groups excluding carboxylic acids is 2. The van der Waals surface area contributed by atoms with E-state index in [9.17, 15) is 9.59 Å². The summed E-state index contributed by atoms with van der Waals surface area (Å²) in [5, 5.41) is 8.41. The molecule has 0 saturated carbocycles. The quantitative estimate of drug-likeness (QED) is 0.648. The molecule has 0 spiro atoms. The number of hydrogen-bond acceptors (Lipinski definition) is 4. The Bertz CT molecular complexity index is 927. The van der Waals surface area contributed by atoms with Gasteiger partial charge in [0.1, 0.15) is 0 Å². The van der Waals surface area contributed by atoms with Crippen molar-refractivity contribution in [3.05, 3.63) is 58.4 Å². The molecule has 0 aliphatic carbocycles. The maximum Gasteiger partial charge on any atom is 0.321 e. The molecule has 4 rings (SSSR count). The molecule has 0 radical (unpaired) electrons. The number of benzene rings is 1. The Balaban J connectivity index is 1.25. The number of thiophene rings is 1. The summed E-state index contributed by atoms with van der Waals surface area (Å²) in [6.45, 7) is 2.74. The van der Waals surface area contributed by atoms with Crippen LogP contribution in [-0.4, -0.2) is 41.0 Å². The van der Waals surface area contributed by atoms with Crippen LogP contribution in [0.3, 0.4) is 0 Å². The first kappa shape index (κ1) is 17.8. The maximum absolute atomic E-state index is 12.0. The van der Waals surface area contributed by atoms with Crippen molar-refractivity contribution in [3.8, 4) is 0 Å². The standard InChI is InChI=1S/C20H22N4O2S/c25-19(18-6-3-11-27-18)23-20(26)22-15-7-9-24(10-8-15)13-14-12-21-17-5-2-1-4-16(14)17/h1-6,11-12,15,21H,7-10,13H2,(H2,22,23,25,26). The van der Waals surface area contributed by atoms with E-state index in [1.807, 2.05) is 11.4 Å². The van der Waals surface area contributed by atoms with Gasteiger partial charge in [0.15, 0.2) is 0 Å². The van der Waals surface area contributed by atoms with Gasteiger partial charge in [-0.3, -0.25) is 15.0 Å². The second-order valence-electron chi connectivity index (χ2n) is 6.81. The average Bonchev–Trinajstić information content (AvgIpc) is 3.34. The zero-order chi connectivity index (χ0) is 18.6. The van der Waals surface area contributed by atoms with E-state index >= 15 is 0 Å². The third-order valence-electron chi connectivity index (χ3n) is 4.96. The molecule has 0 atom stereocenters. The van der Waals surface area contributed by atoms with Gasteiger partial charge in [0.25, 0.3) is 5.91 Å². The summed E-state index contributed by atoms with van der Waals surface area (Å²) in [4.78, 5) is 30.2. The monoisotopic (exact) mass is 382 g/mol. The molecule has 1 saturated heterocycles. The summed E-state index contributed by atoms with van der Waals surface area (Å²) < 4.78 is 0. The minimum atomic E-state index is -0.413. The molecule has 1 aliphatic heterocycles. The molecule has 0 bridgehead atoms. The molecule has 2 aromatic heterocycles. The van der Waals surface area contributed by atoms with Crippen LogP contribution in [0.2, 0.25) is 0 Å². The summed E-state index contributed by atoms with van der Waals surface area (Å²) >= 11 is 1.32. The molecule has 1 aromatic carbocycles. The van der Waals surface area contributed by atoms with Crippen LogP contribution in [-0.2, 0) is 6.54 Å². The lowest BCUT2D eigenvalue weighted by molar-refractivity contribution is 0.0966. The summed E-state index contributed by atoms with van der Waals surface area (Å²) in [7, 11) is 0. The van der Waals surface area contributed by atoms with Crippen molar-refractivity contribution in [1.29, 1.82) is 0 Å². The van der Waals surface area contributed by atoms with Gasteiger partial charge >= 0.3 is 6.03 Å². The van der Waals surface area contributed by atoms with Crippen molar-refractivity contribution >= 4 is 34.2 Å². The van der Waals surface area contributed by atoms with E-state index in [1.54, 1.807) is 12.1 Å². The van der Waals surface area contributed by atoms with Gasteiger partial charge in [0.2, 0.25) is 0 Å². The molecule has 1 fully saturated rings. The fraction of sp³-hybridized carbons (Fsp3) is 0.300. The number of aromatic nitrogens is 1. The zero-order valence-corrected chi connectivity index (χ0v) is 15.7. The maximum atomic E-state index is 12.0. The SMILES string of the molecule is O=C(NC(=O)c1cccs1)NC1CCN(Cc2c[nH]c3ccccc23)CC1. The number of para-hydroxylation sites is 1. The highest BCUT2D eigenvalue weighted by Crippen LogP contribution is 2.21. The molecule has 3 aromatic rings. The fourth-order valence-electron chi connectivity index (χ4n) is 3.53. The highest BCUT2D eigenvalue weighted by molar-refractivity contribution is 7.12. The lowest BCUT2D eigenvalue weighted by atomic mass is 10.0. The highest BCUT2D eigenvalue weighted by Gasteiger charge is 2.22. The smallest absolute Gasteiger partial charge is 0.321 e. The Morgan fingerprint density at radius 3 is 2.74 bits per heavy atom. The summed E-state index contributed by atoms with van der Waals surface area (Å²) in [5.74, 6) is -0.348. The normalized spacial score (nSPS) is 15.7. The molecule has 1 aliphatic rings. The van der Waals surface area contributed by atoms with Crippen LogP contribution in [0.4, 0.5) is 4.79 Å². The van der Waals surface area contributed by atoms with Crippen LogP contribution in [0.5, 0.6) is 0 Å². The fourth-order valence-corrected chi connectivity index (χ4v) is 4.15. The number of urea groups is 1. The largest absolute Gasteiger partial charge is 0.361 e. The van der Waals surface area contributed by atoms with Gasteiger partial charge in [0.05, 0.1) is 4.88 Å². The second-order valence-corrected chi connectivity index (χ2v) is 7.76. The number of piperidine rings is 1. The number of hydrogen-bond donors (Lipinski definition) is 3. The predicted molar refractivity (Wildman–Crippen MR) is 107 cm³/mol. The minimum absolute atomic E-state index is 0.0976. The Morgan fingerprint density at radius 2 is 1.96 bits per heavy atom. The van der Waals surface area contributed by atoms with Gasteiger partial charge in [-0.1, -0.05) is 24.3 Å². The number of imide groups is 1. The van der Waals surface area contributed by atoms with Gasteiger partial charge in [0, 0.05) is 42.8 Å². The summed E-state index contributed by atoms with van der Waals surface area (Å²) in [5.41, 5.74) is 2.47. The van der Waals surface area contributed by atoms with Gasteiger partial charge < -0.3 is 10.3 Å². The van der Waals surface area contributed by atoms with E-state index in [-0.39, 0.29) is 11.9 Å². The number of fused-ring (bicyclic) bond motifs is 1. The molecule has 3 N–H and O–H groups in total. The first-order chi connectivity index (χ1) is 13.2. The van der Waals surface area contributed by atoms with Crippen LogP contribution < -0.4 is 10.6 Å². The molecular formula is C20H22N4O2S. The van der Waals surface area contributed by atoms with Crippen molar-refractivity contribution in [2.75, 3.05) is 13.1 Å². The van der Waals surface area contributed by atoms with Crippen molar-refractivity contribution in [2.45, 2.75) is 25.4 Å². The predicted octanol–water partition coefficient (Wildman–Crippen LogP) is 3.33. The van der Waals surface area contributed by atoms with E-state index < -0.39 is 6.03 Å². The average molecular weight is 382 g/mol. The first-order valence-corrected chi connectivity index (χ1v) is 10.00. The van der Waals surface area contributed by atoms with Gasteiger partial charge in [-0.05, 0) is 35.9 Å². The summed E-state index contributed by atoms with van der Waals surface area (Å²) in [6, 6.07) is 11.5. The number of rotatable bonds is 4. The number of nitrogens with zero attached hydrogens (tertiary/aromatic N) is 1. The number of carbonyl (C=O) groups is 2. The third-order valence-corrected chi connectivity index (χ3v) is 5.83. The van der Waals surface area contributed by atoms with E-state index in [0.29, 0.717) is 4.88 Å². The topological polar surface area (TPSA) is 77.2 Å². The van der Waals surface area contributed by atoms with Gasteiger partial charge in [-0.25, -0.2) is 4.79 Å². The molecule has 7 heteroatoms. The van der Waals surface area contributed by atoms with Crippen molar-refractivity contribution < 1.29 is 9.59 Å². The molecular weight excluding hydrogens is 360 g/mol. The molecule has 0 unspecified atom stereocenters. The Kier molecular flexibility index (Phi) is 5.22. The number of nitrogens with one attached hydrogen (secondary N) is 3. The number of likely N-dealkylation sites (tertiary alicyclic amines) is 1. The molecule has 6 nitrogen and oxygen atoms in total. The Morgan fingerprint density at radius 1 is 1.15 bits per heavy atom. The van der Waals surface area contributed by atoms with Crippen LogP contribution in [0.15, 0.2) is 48.0 Å². The van der Waals surface area contributed by atoms with Crippen molar-refractivity contribution in [1.82, 2.24) is 20.5 Å². The lowest BCUT2D eigenvalue weighted by Crippen LogP contribution is -2.48. The lowest BCUT2D eigenvalue weighted by Gasteiger charge is -2.32. The number of H-pyrrole nitrogens is 1. The van der Waals surface area contributed by atoms with Crippen LogP contribution in [0.25, 0.3) is 10.9 Å². The molecule has 27 heavy (non-hydrogen) atoms. The van der Waals surface area contributed by atoms with Crippen LogP contribution in [0.1, 0.15) is 28.1 Å². The molecule has 140 valence electrons. The van der Waals surface area contributed by atoms with Crippen LogP contribution in [0, 0.1) is 0 Å². The zero-order valence-electron chi connectivity index (χ0n) is 14.9. The molecule has 3 amide bonds. The van der Waals surface area contributed by atoms with E-state index in [1.165, 1.54) is 22.3 Å². The number of amides is 3. The van der Waals surface area contributed by atoms with Crippen molar-refractivity contribution in [2.24, 2.45) is 0 Å². The second kappa shape index (κ2) is 7.94. The third kappa shape index (κ3) is 4.20. The minimum Gasteiger partial charge on any atom is -0.361 e. The molecule has 3 heterocycles. The van der Waals surface area contributed by atoms with E-state index in [0.717, 1.165) is 38.0 Å². The van der Waals surface area contributed by atoms with E-state index in [4.69, 9.17) is 0 Å². The number of aromatic amines is 1. The van der Waals surface area contributed by atoms with Crippen molar-refractivity contribution in [3.63, 3.8) is 0 Å². The Labute approximate surface area is 161 Å². The first-order valence-electron chi connectivity index (χ1n) is 9.12. The highest BCUT2D eigenvalue weighted by atomic mass is 32.1.